The number of hydrogen-bond donors (Lipinski definition) is 1. The topological polar surface area (TPSA) is 69.7 Å². The van der Waals surface area contributed by atoms with Gasteiger partial charge in [0.05, 0.1) is 11.4 Å². The Morgan fingerprint density at radius 2 is 1.71 bits per heavy atom. The van der Waals surface area contributed by atoms with Gasteiger partial charge in [-0.05, 0) is 63.4 Å². The van der Waals surface area contributed by atoms with Crippen LogP contribution in [-0.2, 0) is 14.8 Å². The van der Waals surface area contributed by atoms with Gasteiger partial charge in [0.15, 0.2) is 0 Å². The Morgan fingerprint density at radius 1 is 1.07 bits per heavy atom. The van der Waals surface area contributed by atoms with Crippen molar-refractivity contribution >= 4 is 21.6 Å². The molecule has 1 aromatic carbocycles. The van der Waals surface area contributed by atoms with Crippen LogP contribution in [0.5, 0.6) is 0 Å². The molecule has 2 aliphatic rings. The molecule has 2 fully saturated rings. The minimum Gasteiger partial charge on any atom is -0.325 e. The molecule has 1 aliphatic heterocycles. The van der Waals surface area contributed by atoms with Gasteiger partial charge < -0.3 is 5.32 Å². The fourth-order valence-electron chi connectivity index (χ4n) is 4.29. The van der Waals surface area contributed by atoms with Gasteiger partial charge in [-0.3, -0.25) is 9.69 Å². The minimum atomic E-state index is -3.50. The van der Waals surface area contributed by atoms with Crippen molar-refractivity contribution in [3.63, 3.8) is 0 Å². The van der Waals surface area contributed by atoms with Gasteiger partial charge in [-0.1, -0.05) is 25.7 Å². The molecule has 1 aromatic rings. The number of hydrogen-bond acceptors (Lipinski definition) is 4. The lowest BCUT2D eigenvalue weighted by atomic mass is 9.96. The van der Waals surface area contributed by atoms with Crippen LogP contribution >= 0.6 is 0 Å². The average Bonchev–Trinajstić information content (AvgIpc) is 2.70. The summed E-state index contributed by atoms with van der Waals surface area (Å²) in [6.45, 7) is 3.50. The number of nitrogens with zero attached hydrogens (tertiary/aromatic N) is 2. The van der Waals surface area contributed by atoms with E-state index in [1.807, 2.05) is 0 Å². The Labute approximate surface area is 169 Å². The lowest BCUT2D eigenvalue weighted by Gasteiger charge is -2.32. The predicted octanol–water partition coefficient (Wildman–Crippen LogP) is 3.45. The van der Waals surface area contributed by atoms with Crippen molar-refractivity contribution in [3.8, 4) is 0 Å². The van der Waals surface area contributed by atoms with E-state index in [0.717, 1.165) is 45.1 Å². The van der Waals surface area contributed by atoms with Crippen molar-refractivity contribution < 1.29 is 13.2 Å². The summed E-state index contributed by atoms with van der Waals surface area (Å²) in [6.07, 6.45) is 8.72. The molecule has 1 aliphatic carbocycles. The fraction of sp³-hybridized carbons (Fsp3) is 0.667. The quantitative estimate of drug-likeness (QED) is 0.784. The van der Waals surface area contributed by atoms with Gasteiger partial charge in [0.25, 0.3) is 0 Å². The van der Waals surface area contributed by atoms with Crippen LogP contribution in [0.1, 0.15) is 58.3 Å². The van der Waals surface area contributed by atoms with Crippen molar-refractivity contribution in [3.05, 3.63) is 24.3 Å². The minimum absolute atomic E-state index is 0.0521. The van der Waals surface area contributed by atoms with E-state index >= 15 is 0 Å². The van der Waals surface area contributed by atoms with Crippen LogP contribution in [-0.4, -0.2) is 55.8 Å². The highest BCUT2D eigenvalue weighted by atomic mass is 32.2. The molecule has 1 unspecified atom stereocenters. The third-order valence-electron chi connectivity index (χ3n) is 6.19. The first-order valence-corrected chi connectivity index (χ1v) is 11.9. The van der Waals surface area contributed by atoms with E-state index in [-0.39, 0.29) is 16.8 Å². The number of sulfonamides is 1. The predicted molar refractivity (Wildman–Crippen MR) is 112 cm³/mol. The third kappa shape index (κ3) is 5.13. The molecule has 3 rings (SSSR count). The Hall–Kier alpha value is -1.44. The van der Waals surface area contributed by atoms with Crippen LogP contribution in [0.15, 0.2) is 29.2 Å². The number of carbonyl (C=O) groups excluding carboxylic acids is 1. The molecule has 1 atom stereocenters. The Morgan fingerprint density at radius 3 is 2.36 bits per heavy atom. The Bertz CT molecular complexity index is 758. The maximum absolute atomic E-state index is 12.9. The molecule has 0 aromatic heterocycles. The first kappa shape index (κ1) is 21.3. The fourth-order valence-corrected chi connectivity index (χ4v) is 5.71. The van der Waals surface area contributed by atoms with Gasteiger partial charge in [0, 0.05) is 24.8 Å². The molecule has 156 valence electrons. The monoisotopic (exact) mass is 407 g/mol. The Balaban J connectivity index is 1.60. The standard InChI is InChI=1S/C21H33N3O3S/c1-17-8-6-7-15-24(17)16-21(25)22-18-11-13-20(14-12-18)28(26,27)23(2)19-9-4-3-5-10-19/h11-14,17,19H,3-10,15-16H2,1-2H3,(H,22,25). The first-order valence-electron chi connectivity index (χ1n) is 10.5. The molecule has 1 saturated carbocycles. The summed E-state index contributed by atoms with van der Waals surface area (Å²) in [5, 5.41) is 2.89. The van der Waals surface area contributed by atoms with Crippen molar-refractivity contribution in [2.24, 2.45) is 0 Å². The van der Waals surface area contributed by atoms with E-state index in [2.05, 4.69) is 17.1 Å². The summed E-state index contributed by atoms with van der Waals surface area (Å²) >= 11 is 0. The number of benzene rings is 1. The van der Waals surface area contributed by atoms with Crippen LogP contribution in [0.2, 0.25) is 0 Å². The number of likely N-dealkylation sites (tertiary alicyclic amines) is 1. The lowest BCUT2D eigenvalue weighted by molar-refractivity contribution is -0.118. The maximum Gasteiger partial charge on any atom is 0.243 e. The average molecular weight is 408 g/mol. The highest BCUT2D eigenvalue weighted by molar-refractivity contribution is 7.89. The first-order chi connectivity index (χ1) is 13.4. The highest BCUT2D eigenvalue weighted by Gasteiger charge is 2.29. The molecular formula is C21H33N3O3S. The van der Waals surface area contributed by atoms with E-state index in [1.165, 1.54) is 17.1 Å². The van der Waals surface area contributed by atoms with Crippen molar-refractivity contribution in [2.75, 3.05) is 25.5 Å². The summed E-state index contributed by atoms with van der Waals surface area (Å²) in [6, 6.07) is 7.06. The summed E-state index contributed by atoms with van der Waals surface area (Å²) in [7, 11) is -1.82. The summed E-state index contributed by atoms with van der Waals surface area (Å²) in [4.78, 5) is 14.8. The second kappa shape index (κ2) is 9.37. The molecule has 1 N–H and O–H groups in total. The van der Waals surface area contributed by atoms with Crippen LogP contribution in [0.3, 0.4) is 0 Å². The van der Waals surface area contributed by atoms with Crippen molar-refractivity contribution in [1.29, 1.82) is 0 Å². The molecule has 0 radical (unpaired) electrons. The smallest absolute Gasteiger partial charge is 0.243 e. The van der Waals surface area contributed by atoms with E-state index in [4.69, 9.17) is 0 Å². The molecular weight excluding hydrogens is 374 g/mol. The zero-order chi connectivity index (χ0) is 20.1. The largest absolute Gasteiger partial charge is 0.325 e. The van der Waals surface area contributed by atoms with E-state index in [1.54, 1.807) is 31.3 Å². The van der Waals surface area contributed by atoms with E-state index < -0.39 is 10.0 Å². The number of piperidine rings is 1. The zero-order valence-corrected chi connectivity index (χ0v) is 17.9. The molecule has 1 saturated heterocycles. The molecule has 7 heteroatoms. The van der Waals surface area contributed by atoms with Gasteiger partial charge in [0.1, 0.15) is 0 Å². The normalized spacial score (nSPS) is 22.3. The van der Waals surface area contributed by atoms with Crippen molar-refractivity contribution in [1.82, 2.24) is 9.21 Å². The second-order valence-electron chi connectivity index (χ2n) is 8.20. The second-order valence-corrected chi connectivity index (χ2v) is 10.2. The Kier molecular flexibility index (Phi) is 7.12. The molecule has 6 nitrogen and oxygen atoms in total. The van der Waals surface area contributed by atoms with Gasteiger partial charge in [-0.2, -0.15) is 4.31 Å². The molecule has 28 heavy (non-hydrogen) atoms. The van der Waals surface area contributed by atoms with Crippen LogP contribution in [0.4, 0.5) is 5.69 Å². The zero-order valence-electron chi connectivity index (χ0n) is 17.1. The number of carbonyl (C=O) groups is 1. The molecule has 0 spiro atoms. The highest BCUT2D eigenvalue weighted by Crippen LogP contribution is 2.27. The summed E-state index contributed by atoms with van der Waals surface area (Å²) in [5.41, 5.74) is 0.633. The molecule has 1 amide bonds. The molecule has 1 heterocycles. The molecule has 0 bridgehead atoms. The van der Waals surface area contributed by atoms with Crippen LogP contribution < -0.4 is 5.32 Å². The van der Waals surface area contributed by atoms with E-state index in [9.17, 15) is 13.2 Å². The van der Waals surface area contributed by atoms with Gasteiger partial charge >= 0.3 is 0 Å². The number of amides is 1. The number of rotatable bonds is 6. The SMILES string of the molecule is CC1CCCCN1CC(=O)Nc1ccc(S(=O)(=O)N(C)C2CCCCC2)cc1. The summed E-state index contributed by atoms with van der Waals surface area (Å²) in [5.74, 6) is -0.0521. The van der Waals surface area contributed by atoms with E-state index in [0.29, 0.717) is 18.3 Å². The van der Waals surface area contributed by atoms with Gasteiger partial charge in [0.2, 0.25) is 15.9 Å². The maximum atomic E-state index is 12.9. The number of anilines is 1. The van der Waals surface area contributed by atoms with Gasteiger partial charge in [-0.25, -0.2) is 8.42 Å². The van der Waals surface area contributed by atoms with Gasteiger partial charge in [-0.15, -0.1) is 0 Å². The summed E-state index contributed by atoms with van der Waals surface area (Å²) < 4.78 is 27.3. The lowest BCUT2D eigenvalue weighted by Crippen LogP contribution is -2.42. The van der Waals surface area contributed by atoms with Crippen LogP contribution in [0.25, 0.3) is 0 Å². The third-order valence-corrected chi connectivity index (χ3v) is 8.12. The van der Waals surface area contributed by atoms with Crippen LogP contribution in [0, 0.1) is 0 Å². The van der Waals surface area contributed by atoms with Crippen molar-refractivity contribution in [2.45, 2.75) is 75.3 Å². The number of nitrogens with one attached hydrogen (secondary N) is 1.